The van der Waals surface area contributed by atoms with E-state index in [9.17, 15) is 9.59 Å². The van der Waals surface area contributed by atoms with Crippen molar-refractivity contribution in [3.8, 4) is 0 Å². The molecular weight excluding hydrogens is 210 g/mol. The fraction of sp³-hybridized carbons (Fsp3) is 0.714. The second-order valence-corrected chi connectivity index (χ2v) is 4.29. The highest BCUT2D eigenvalue weighted by Crippen LogP contribution is 2.19. The molecule has 0 radical (unpaired) electrons. The smallest absolute Gasteiger partial charge is 0.241 e. The summed E-state index contributed by atoms with van der Waals surface area (Å²) in [6, 6.07) is 0. The fourth-order valence-corrected chi connectivity index (χ4v) is 1.39. The Hall–Kier alpha value is -0.380. The quantitative estimate of drug-likeness (QED) is 0.480. The topological polar surface area (TPSA) is 46.2 Å². The molecule has 0 aromatic heterocycles. The van der Waals surface area contributed by atoms with Crippen LogP contribution in [0.1, 0.15) is 20.3 Å². The van der Waals surface area contributed by atoms with Crippen LogP contribution in [0.25, 0.3) is 0 Å². The van der Waals surface area contributed by atoms with Gasteiger partial charge in [0, 0.05) is 12.0 Å². The maximum atomic E-state index is 11.1. The largest absolute Gasteiger partial charge is 0.349 e. The number of nitrogens with one attached hydrogen (secondary N) is 1. The molecule has 11 heavy (non-hydrogen) atoms. The minimum absolute atomic E-state index is 0.0428. The van der Waals surface area contributed by atoms with Crippen LogP contribution in [0.5, 0.6) is 0 Å². The number of ketones is 1. The molecule has 0 aliphatic carbocycles. The van der Waals surface area contributed by atoms with Crippen molar-refractivity contribution < 1.29 is 9.59 Å². The van der Waals surface area contributed by atoms with Gasteiger partial charge in [0.05, 0.1) is 0 Å². The van der Waals surface area contributed by atoms with Crippen LogP contribution in [0.3, 0.4) is 0 Å². The lowest BCUT2D eigenvalue weighted by atomic mass is 9.92. The predicted octanol–water partition coefficient (Wildman–Crippen LogP) is 0.617. The van der Waals surface area contributed by atoms with Crippen molar-refractivity contribution in [2.45, 2.75) is 30.6 Å². The highest BCUT2D eigenvalue weighted by Gasteiger charge is 2.37. The molecule has 4 heteroatoms. The molecule has 1 N–H and O–H groups in total. The molecule has 1 unspecified atom stereocenters. The molecule has 1 fully saturated rings. The number of alkyl halides is 1. The van der Waals surface area contributed by atoms with Crippen LogP contribution in [-0.4, -0.2) is 22.1 Å². The standard InChI is InChI=1S/C7H10BrNO2/c1-7(2)3-4(10)5(8)6(11)9-7/h5H,3H2,1-2H3,(H,9,11). The number of carbonyl (C=O) groups is 2. The third kappa shape index (κ3) is 1.80. The van der Waals surface area contributed by atoms with Crippen LogP contribution in [-0.2, 0) is 9.59 Å². The second-order valence-electron chi connectivity index (χ2n) is 3.38. The highest BCUT2D eigenvalue weighted by atomic mass is 79.9. The summed E-state index contributed by atoms with van der Waals surface area (Å²) in [4.78, 5) is 21.5. The van der Waals surface area contributed by atoms with E-state index in [-0.39, 0.29) is 17.2 Å². The van der Waals surface area contributed by atoms with Gasteiger partial charge in [0.15, 0.2) is 10.6 Å². The van der Waals surface area contributed by atoms with E-state index in [0.29, 0.717) is 6.42 Å². The van der Waals surface area contributed by atoms with E-state index in [2.05, 4.69) is 21.2 Å². The Kier molecular flexibility index (Phi) is 2.05. The summed E-state index contributed by atoms with van der Waals surface area (Å²) in [5, 5.41) is 2.73. The van der Waals surface area contributed by atoms with E-state index in [1.807, 2.05) is 13.8 Å². The molecule has 1 amide bonds. The van der Waals surface area contributed by atoms with Crippen molar-refractivity contribution in [1.82, 2.24) is 5.32 Å². The molecule has 1 heterocycles. The van der Waals surface area contributed by atoms with Crippen molar-refractivity contribution in [3.05, 3.63) is 0 Å². The van der Waals surface area contributed by atoms with Gasteiger partial charge in [0.25, 0.3) is 0 Å². The van der Waals surface area contributed by atoms with Gasteiger partial charge in [-0.15, -0.1) is 0 Å². The Labute approximate surface area is 73.7 Å². The first-order valence-corrected chi connectivity index (χ1v) is 4.33. The molecule has 0 bridgehead atoms. The fourth-order valence-electron chi connectivity index (χ4n) is 1.11. The van der Waals surface area contributed by atoms with Crippen LogP contribution in [0.2, 0.25) is 0 Å². The van der Waals surface area contributed by atoms with E-state index in [1.54, 1.807) is 0 Å². The maximum Gasteiger partial charge on any atom is 0.241 e. The Morgan fingerprint density at radius 2 is 2.09 bits per heavy atom. The van der Waals surface area contributed by atoms with E-state index in [4.69, 9.17) is 0 Å². The third-order valence-corrected chi connectivity index (χ3v) is 2.52. The summed E-state index contributed by atoms with van der Waals surface area (Å²) in [7, 11) is 0. The van der Waals surface area contributed by atoms with Crippen molar-refractivity contribution in [3.63, 3.8) is 0 Å². The lowest BCUT2D eigenvalue weighted by molar-refractivity contribution is -0.132. The predicted molar refractivity (Wildman–Crippen MR) is 44.6 cm³/mol. The van der Waals surface area contributed by atoms with Crippen LogP contribution in [0, 0.1) is 0 Å². The van der Waals surface area contributed by atoms with Gasteiger partial charge in [-0.3, -0.25) is 9.59 Å². The van der Waals surface area contributed by atoms with Crippen LogP contribution in [0.15, 0.2) is 0 Å². The number of rotatable bonds is 0. The van der Waals surface area contributed by atoms with Gasteiger partial charge in [-0.05, 0) is 13.8 Å². The summed E-state index contributed by atoms with van der Waals surface area (Å²) in [6.07, 6.45) is 0.397. The maximum absolute atomic E-state index is 11.1. The van der Waals surface area contributed by atoms with Crippen LogP contribution in [0.4, 0.5) is 0 Å². The van der Waals surface area contributed by atoms with Crippen LogP contribution < -0.4 is 5.32 Å². The molecule has 1 rings (SSSR count). The van der Waals surface area contributed by atoms with Gasteiger partial charge in [0.1, 0.15) is 0 Å². The highest BCUT2D eigenvalue weighted by molar-refractivity contribution is 9.10. The molecular formula is C7H10BrNO2. The molecule has 1 aliphatic rings. The zero-order valence-electron chi connectivity index (χ0n) is 6.48. The van der Waals surface area contributed by atoms with Crippen molar-refractivity contribution in [2.75, 3.05) is 0 Å². The van der Waals surface area contributed by atoms with E-state index in [0.717, 1.165) is 0 Å². The molecule has 62 valence electrons. The average Bonchev–Trinajstić information content (AvgIpc) is 1.81. The Bertz CT molecular complexity index is 192. The van der Waals surface area contributed by atoms with Crippen LogP contribution >= 0.6 is 15.9 Å². The average molecular weight is 220 g/mol. The zero-order chi connectivity index (χ0) is 8.65. The van der Waals surface area contributed by atoms with Crippen molar-refractivity contribution >= 4 is 27.6 Å². The number of Topliss-reactive ketones (excluding diaryl/α,β-unsaturated/α-hetero) is 1. The zero-order valence-corrected chi connectivity index (χ0v) is 8.06. The number of amides is 1. The molecule has 0 aromatic rings. The van der Waals surface area contributed by atoms with Crippen molar-refractivity contribution in [2.24, 2.45) is 0 Å². The van der Waals surface area contributed by atoms with Gasteiger partial charge in [-0.1, -0.05) is 15.9 Å². The van der Waals surface area contributed by atoms with Gasteiger partial charge in [-0.25, -0.2) is 0 Å². The molecule has 0 saturated carbocycles. The Morgan fingerprint density at radius 3 is 2.55 bits per heavy atom. The summed E-state index contributed by atoms with van der Waals surface area (Å²) in [6.45, 7) is 3.67. The van der Waals surface area contributed by atoms with Gasteiger partial charge in [-0.2, -0.15) is 0 Å². The summed E-state index contributed by atoms with van der Waals surface area (Å²) in [5.74, 6) is -0.273. The summed E-state index contributed by atoms with van der Waals surface area (Å²) >= 11 is 3.01. The first-order valence-electron chi connectivity index (χ1n) is 3.41. The third-order valence-electron chi connectivity index (χ3n) is 1.59. The molecule has 1 atom stereocenters. The van der Waals surface area contributed by atoms with E-state index < -0.39 is 4.83 Å². The number of carbonyl (C=O) groups excluding carboxylic acids is 2. The monoisotopic (exact) mass is 219 g/mol. The molecule has 3 nitrogen and oxygen atoms in total. The number of piperidine rings is 1. The van der Waals surface area contributed by atoms with Crippen molar-refractivity contribution in [1.29, 1.82) is 0 Å². The van der Waals surface area contributed by atoms with Gasteiger partial charge in [0.2, 0.25) is 5.91 Å². The normalized spacial score (nSPS) is 29.9. The summed E-state index contributed by atoms with van der Waals surface area (Å²) in [5.41, 5.74) is -0.377. The first kappa shape index (κ1) is 8.71. The number of hydrogen-bond acceptors (Lipinski definition) is 2. The SMILES string of the molecule is CC1(C)CC(=O)C(Br)C(=O)N1. The Morgan fingerprint density at radius 1 is 1.55 bits per heavy atom. The molecule has 0 spiro atoms. The second kappa shape index (κ2) is 2.59. The van der Waals surface area contributed by atoms with Gasteiger partial charge < -0.3 is 5.32 Å². The molecule has 1 saturated heterocycles. The van der Waals surface area contributed by atoms with E-state index in [1.165, 1.54) is 0 Å². The van der Waals surface area contributed by atoms with Gasteiger partial charge >= 0.3 is 0 Å². The first-order chi connectivity index (χ1) is 4.92. The number of halogens is 1. The minimum Gasteiger partial charge on any atom is -0.349 e. The van der Waals surface area contributed by atoms with E-state index >= 15 is 0 Å². The minimum atomic E-state index is -0.643. The lowest BCUT2D eigenvalue weighted by Crippen LogP contribution is -2.55. The molecule has 0 aromatic carbocycles. The Balaban J connectivity index is 2.78. The molecule has 1 aliphatic heterocycles. The summed E-state index contributed by atoms with van der Waals surface area (Å²) < 4.78 is 0. The lowest BCUT2D eigenvalue weighted by Gasteiger charge is -2.31. The number of hydrogen-bond donors (Lipinski definition) is 1.